The quantitative estimate of drug-likeness (QED) is 0.835. The van der Waals surface area contributed by atoms with E-state index < -0.39 is 0 Å². The van der Waals surface area contributed by atoms with Crippen LogP contribution >= 0.6 is 11.6 Å². The van der Waals surface area contributed by atoms with Crippen molar-refractivity contribution in [2.24, 2.45) is 5.41 Å². The molecule has 0 amide bonds. The zero-order chi connectivity index (χ0) is 12.2. The zero-order valence-electron chi connectivity index (χ0n) is 9.76. The van der Waals surface area contributed by atoms with Gasteiger partial charge in [-0.05, 0) is 36.0 Å². The van der Waals surface area contributed by atoms with Gasteiger partial charge in [-0.3, -0.25) is 0 Å². The summed E-state index contributed by atoms with van der Waals surface area (Å²) in [5.41, 5.74) is 0.726. The molecule has 0 saturated carbocycles. The molecule has 1 aromatic rings. The molecular weight excluding hydrogens is 227 g/mol. The van der Waals surface area contributed by atoms with Gasteiger partial charge in [-0.25, -0.2) is 4.39 Å². The summed E-state index contributed by atoms with van der Waals surface area (Å²) in [6.07, 6.45) is 2.61. The number of rotatable bonds is 5. The molecule has 16 heavy (non-hydrogen) atoms. The van der Waals surface area contributed by atoms with Crippen molar-refractivity contribution >= 4 is 11.6 Å². The van der Waals surface area contributed by atoms with Crippen molar-refractivity contribution in [2.75, 3.05) is 6.61 Å². The van der Waals surface area contributed by atoms with Gasteiger partial charge in [0, 0.05) is 11.6 Å². The number of aliphatic hydroxyl groups is 1. The average Bonchev–Trinajstić information content (AvgIpc) is 2.23. The molecule has 90 valence electrons. The van der Waals surface area contributed by atoms with Gasteiger partial charge < -0.3 is 5.11 Å². The minimum Gasteiger partial charge on any atom is -0.396 e. The maximum absolute atomic E-state index is 12.9. The molecule has 0 bridgehead atoms. The van der Waals surface area contributed by atoms with Gasteiger partial charge in [-0.2, -0.15) is 0 Å². The van der Waals surface area contributed by atoms with Crippen molar-refractivity contribution in [1.82, 2.24) is 0 Å². The van der Waals surface area contributed by atoms with Crippen LogP contribution in [0.4, 0.5) is 4.39 Å². The van der Waals surface area contributed by atoms with Gasteiger partial charge in [-0.15, -0.1) is 0 Å². The lowest BCUT2D eigenvalue weighted by atomic mass is 9.80. The number of halogens is 2. The van der Waals surface area contributed by atoms with E-state index in [1.807, 2.05) is 6.92 Å². The van der Waals surface area contributed by atoms with E-state index in [4.69, 9.17) is 11.6 Å². The summed E-state index contributed by atoms with van der Waals surface area (Å²) >= 11 is 5.97. The molecule has 0 fully saturated rings. The Bertz CT molecular complexity index is 354. The maximum Gasteiger partial charge on any atom is 0.124 e. The number of benzene rings is 1. The van der Waals surface area contributed by atoms with Gasteiger partial charge in [0.05, 0.1) is 0 Å². The van der Waals surface area contributed by atoms with E-state index in [-0.39, 0.29) is 17.8 Å². The first-order valence-electron chi connectivity index (χ1n) is 5.55. The van der Waals surface area contributed by atoms with Crippen molar-refractivity contribution in [2.45, 2.75) is 33.1 Å². The molecule has 0 spiro atoms. The van der Waals surface area contributed by atoms with Gasteiger partial charge in [0.1, 0.15) is 5.82 Å². The summed E-state index contributed by atoms with van der Waals surface area (Å²) in [5, 5.41) is 9.85. The normalized spacial score (nSPS) is 14.8. The summed E-state index contributed by atoms with van der Waals surface area (Å²) in [7, 11) is 0. The van der Waals surface area contributed by atoms with Crippen LogP contribution in [0.2, 0.25) is 5.02 Å². The van der Waals surface area contributed by atoms with E-state index in [1.54, 1.807) is 6.07 Å². The van der Waals surface area contributed by atoms with E-state index in [2.05, 4.69) is 6.92 Å². The minimum atomic E-state index is -0.324. The monoisotopic (exact) mass is 244 g/mol. The lowest BCUT2D eigenvalue weighted by molar-refractivity contribution is 0.131. The van der Waals surface area contributed by atoms with Crippen LogP contribution in [0.5, 0.6) is 0 Å². The lowest BCUT2D eigenvalue weighted by Crippen LogP contribution is -2.24. The van der Waals surface area contributed by atoms with Crippen molar-refractivity contribution in [3.63, 3.8) is 0 Å². The van der Waals surface area contributed by atoms with Crippen molar-refractivity contribution in [3.8, 4) is 0 Å². The first kappa shape index (κ1) is 13.5. The van der Waals surface area contributed by atoms with Crippen LogP contribution in [0.15, 0.2) is 18.2 Å². The van der Waals surface area contributed by atoms with Gasteiger partial charge in [0.15, 0.2) is 0 Å². The van der Waals surface area contributed by atoms with Crippen molar-refractivity contribution < 1.29 is 9.50 Å². The number of aliphatic hydroxyl groups excluding tert-OH is 1. The Labute approximate surface area is 101 Å². The maximum atomic E-state index is 12.9. The van der Waals surface area contributed by atoms with E-state index in [0.717, 1.165) is 18.4 Å². The highest BCUT2D eigenvalue weighted by molar-refractivity contribution is 6.31. The fraction of sp³-hybridized carbons (Fsp3) is 0.538. The molecule has 1 unspecified atom stereocenters. The Hall–Kier alpha value is -0.600. The number of hydrogen-bond acceptors (Lipinski definition) is 1. The fourth-order valence-electron chi connectivity index (χ4n) is 1.95. The molecule has 1 N–H and O–H groups in total. The molecule has 1 rings (SSSR count). The van der Waals surface area contributed by atoms with Crippen molar-refractivity contribution in [3.05, 3.63) is 34.6 Å². The third-order valence-electron chi connectivity index (χ3n) is 2.87. The Morgan fingerprint density at radius 2 is 2.12 bits per heavy atom. The lowest BCUT2D eigenvalue weighted by Gasteiger charge is -2.27. The minimum absolute atomic E-state index is 0.120. The third kappa shape index (κ3) is 3.46. The summed E-state index contributed by atoms with van der Waals surface area (Å²) in [6, 6.07) is 4.42. The molecule has 1 atom stereocenters. The van der Waals surface area contributed by atoms with Crippen LogP contribution in [-0.4, -0.2) is 11.7 Å². The van der Waals surface area contributed by atoms with E-state index >= 15 is 0 Å². The summed E-state index contributed by atoms with van der Waals surface area (Å²) in [4.78, 5) is 0. The molecule has 0 radical (unpaired) electrons. The van der Waals surface area contributed by atoms with Crippen LogP contribution in [0.1, 0.15) is 32.3 Å². The Kier molecular flexibility index (Phi) is 4.75. The molecule has 3 heteroatoms. The van der Waals surface area contributed by atoms with Gasteiger partial charge >= 0.3 is 0 Å². The van der Waals surface area contributed by atoms with Gasteiger partial charge in [0.2, 0.25) is 0 Å². The van der Waals surface area contributed by atoms with Crippen molar-refractivity contribution in [1.29, 1.82) is 0 Å². The van der Waals surface area contributed by atoms with E-state index in [0.29, 0.717) is 11.4 Å². The predicted octanol–water partition coefficient (Wildman–Crippen LogP) is 3.82. The molecule has 0 aromatic heterocycles. The second-order valence-corrected chi connectivity index (χ2v) is 5.04. The molecule has 0 heterocycles. The first-order chi connectivity index (χ1) is 7.50. The molecule has 0 saturated heterocycles. The molecule has 1 aromatic carbocycles. The largest absolute Gasteiger partial charge is 0.396 e. The zero-order valence-corrected chi connectivity index (χ0v) is 10.5. The Morgan fingerprint density at radius 3 is 2.62 bits per heavy atom. The van der Waals surface area contributed by atoms with Crippen LogP contribution in [0.25, 0.3) is 0 Å². The van der Waals surface area contributed by atoms with E-state index in [1.165, 1.54) is 12.1 Å². The SMILES string of the molecule is CCCC(C)(CO)Cc1ccc(F)cc1Cl. The highest BCUT2D eigenvalue weighted by atomic mass is 35.5. The summed E-state index contributed by atoms with van der Waals surface area (Å²) in [5.74, 6) is -0.324. The first-order valence-corrected chi connectivity index (χ1v) is 5.93. The van der Waals surface area contributed by atoms with Gasteiger partial charge in [-0.1, -0.05) is 37.9 Å². The predicted molar refractivity (Wildman–Crippen MR) is 65.2 cm³/mol. The summed E-state index contributed by atoms with van der Waals surface area (Å²) in [6.45, 7) is 4.23. The van der Waals surface area contributed by atoms with Crippen LogP contribution in [0.3, 0.4) is 0 Å². The summed E-state index contributed by atoms with van der Waals surface area (Å²) < 4.78 is 12.9. The molecular formula is C13H18ClFO. The highest BCUT2D eigenvalue weighted by Crippen LogP contribution is 2.30. The average molecular weight is 245 g/mol. The number of hydrogen-bond donors (Lipinski definition) is 1. The fourth-order valence-corrected chi connectivity index (χ4v) is 2.19. The third-order valence-corrected chi connectivity index (χ3v) is 3.22. The standard InChI is InChI=1S/C13H18ClFO/c1-3-6-13(2,9-16)8-10-4-5-11(15)7-12(10)14/h4-5,7,16H,3,6,8-9H2,1-2H3. The highest BCUT2D eigenvalue weighted by Gasteiger charge is 2.23. The van der Waals surface area contributed by atoms with Crippen LogP contribution < -0.4 is 0 Å². The Morgan fingerprint density at radius 1 is 1.44 bits per heavy atom. The molecule has 0 aliphatic heterocycles. The second-order valence-electron chi connectivity index (χ2n) is 4.63. The van der Waals surface area contributed by atoms with Crippen LogP contribution in [-0.2, 0) is 6.42 Å². The smallest absolute Gasteiger partial charge is 0.124 e. The van der Waals surface area contributed by atoms with Gasteiger partial charge in [0.25, 0.3) is 0 Å². The Balaban J connectivity index is 2.85. The van der Waals surface area contributed by atoms with Crippen LogP contribution in [0, 0.1) is 11.2 Å². The molecule has 1 nitrogen and oxygen atoms in total. The molecule has 0 aliphatic rings. The second kappa shape index (κ2) is 5.65. The topological polar surface area (TPSA) is 20.2 Å². The molecule has 0 aliphatic carbocycles. The van der Waals surface area contributed by atoms with E-state index in [9.17, 15) is 9.50 Å².